The molecule has 2 aromatic rings. The van der Waals surface area contributed by atoms with Crippen LogP contribution in [0.5, 0.6) is 0 Å². The highest BCUT2D eigenvalue weighted by Gasteiger charge is 2.40. The molecule has 170 valence electrons. The van der Waals surface area contributed by atoms with E-state index in [1.165, 1.54) is 0 Å². The zero-order valence-corrected chi connectivity index (χ0v) is 15.2. The fourth-order valence-electron chi connectivity index (χ4n) is 3.10. The first kappa shape index (κ1) is 22.9. The van der Waals surface area contributed by atoms with Gasteiger partial charge in [-0.05, 0) is 31.0 Å². The summed E-state index contributed by atoms with van der Waals surface area (Å²) in [5.74, 6) is -3.54. The number of carbonyl (C=O) groups is 1. The third kappa shape index (κ3) is 5.10. The Morgan fingerprint density at radius 2 is 1.35 bits per heavy atom. The lowest BCUT2D eigenvalue weighted by Gasteiger charge is -2.30. The maximum atomic E-state index is 13.0. The van der Waals surface area contributed by atoms with Gasteiger partial charge in [-0.3, -0.25) is 4.79 Å². The Labute approximate surface area is 167 Å². The fourth-order valence-corrected chi connectivity index (χ4v) is 3.10. The van der Waals surface area contributed by atoms with Gasteiger partial charge in [0.15, 0.2) is 0 Å². The Bertz CT molecular complexity index is 923. The highest BCUT2D eigenvalue weighted by atomic mass is 19.4. The minimum absolute atomic E-state index is 0.0380. The van der Waals surface area contributed by atoms with Gasteiger partial charge < -0.3 is 9.32 Å². The van der Waals surface area contributed by atoms with Crippen LogP contribution in [0.2, 0.25) is 0 Å². The molecule has 2 heterocycles. The van der Waals surface area contributed by atoms with Crippen molar-refractivity contribution >= 4 is 5.91 Å². The molecule has 0 atom stereocenters. The van der Waals surface area contributed by atoms with Gasteiger partial charge in [0, 0.05) is 24.6 Å². The number of nitrogens with zero attached hydrogens (tertiary/aromatic N) is 3. The minimum Gasteiger partial charge on any atom is -0.417 e. The number of benzene rings is 1. The predicted octanol–water partition coefficient (Wildman–Crippen LogP) is 5.15. The number of rotatable bonds is 2. The van der Waals surface area contributed by atoms with Gasteiger partial charge in [-0.1, -0.05) is 0 Å². The maximum absolute atomic E-state index is 13.0. The third-order valence-electron chi connectivity index (χ3n) is 4.65. The average molecular weight is 461 g/mol. The summed E-state index contributed by atoms with van der Waals surface area (Å²) < 4.78 is 120. The molecule has 5 nitrogen and oxygen atoms in total. The second-order valence-electron chi connectivity index (χ2n) is 6.80. The van der Waals surface area contributed by atoms with Crippen LogP contribution in [0.4, 0.5) is 39.5 Å². The van der Waals surface area contributed by atoms with E-state index in [2.05, 4.69) is 14.6 Å². The molecule has 1 aliphatic rings. The van der Waals surface area contributed by atoms with Crippen molar-refractivity contribution in [2.24, 2.45) is 0 Å². The SMILES string of the molecule is O=C(c1cc(C(F)(F)F)cc(C(F)(F)F)c1)N1CCC(c2nnc(C(F)(F)F)o2)CC1. The highest BCUT2D eigenvalue weighted by Crippen LogP contribution is 2.37. The summed E-state index contributed by atoms with van der Waals surface area (Å²) in [5.41, 5.74) is -4.03. The molecule has 0 spiro atoms. The summed E-state index contributed by atoms with van der Waals surface area (Å²) in [6, 6.07) is 0.575. The Hall–Kier alpha value is -2.80. The number of hydrogen-bond acceptors (Lipinski definition) is 4. The van der Waals surface area contributed by atoms with Crippen LogP contribution in [0.1, 0.15) is 52.0 Å². The first-order chi connectivity index (χ1) is 14.2. The normalized spacial score (nSPS) is 16.6. The lowest BCUT2D eigenvalue weighted by molar-refractivity contribution is -0.157. The van der Waals surface area contributed by atoms with E-state index < -0.39 is 52.9 Å². The van der Waals surface area contributed by atoms with Gasteiger partial charge in [-0.15, -0.1) is 10.2 Å². The van der Waals surface area contributed by atoms with Gasteiger partial charge in [0.25, 0.3) is 5.91 Å². The van der Waals surface area contributed by atoms with E-state index in [0.29, 0.717) is 12.1 Å². The van der Waals surface area contributed by atoms with Crippen LogP contribution < -0.4 is 0 Å². The minimum atomic E-state index is -5.10. The summed E-state index contributed by atoms with van der Waals surface area (Å²) in [6.45, 7) is -0.268. The lowest BCUT2D eigenvalue weighted by Crippen LogP contribution is -2.38. The van der Waals surface area contributed by atoms with E-state index in [0.717, 1.165) is 4.90 Å². The predicted molar refractivity (Wildman–Crippen MR) is 83.6 cm³/mol. The molecule has 1 saturated heterocycles. The number of aromatic nitrogens is 2. The Morgan fingerprint density at radius 1 is 0.839 bits per heavy atom. The van der Waals surface area contributed by atoms with Gasteiger partial charge >= 0.3 is 24.4 Å². The monoisotopic (exact) mass is 461 g/mol. The largest absolute Gasteiger partial charge is 0.470 e. The van der Waals surface area contributed by atoms with E-state index in [-0.39, 0.29) is 37.9 Å². The van der Waals surface area contributed by atoms with Gasteiger partial charge in [-0.2, -0.15) is 39.5 Å². The molecule has 0 aliphatic carbocycles. The van der Waals surface area contributed by atoms with Crippen molar-refractivity contribution in [1.82, 2.24) is 15.1 Å². The summed E-state index contributed by atoms with van der Waals surface area (Å²) in [7, 11) is 0. The van der Waals surface area contributed by atoms with Crippen molar-refractivity contribution in [3.63, 3.8) is 0 Å². The van der Waals surface area contributed by atoms with Crippen molar-refractivity contribution in [2.75, 3.05) is 13.1 Å². The van der Waals surface area contributed by atoms with Crippen LogP contribution in [0.3, 0.4) is 0 Å². The number of alkyl halides is 9. The van der Waals surface area contributed by atoms with Crippen LogP contribution in [0, 0.1) is 0 Å². The second kappa shape index (κ2) is 7.71. The summed E-state index contributed by atoms with van der Waals surface area (Å²) >= 11 is 0. The maximum Gasteiger partial charge on any atom is 0.470 e. The van der Waals surface area contributed by atoms with Crippen LogP contribution in [-0.2, 0) is 18.5 Å². The molecule has 0 radical (unpaired) electrons. The lowest BCUT2D eigenvalue weighted by atomic mass is 9.96. The molecule has 14 heteroatoms. The molecule has 31 heavy (non-hydrogen) atoms. The number of carbonyl (C=O) groups excluding carboxylic acids is 1. The van der Waals surface area contributed by atoms with Crippen LogP contribution in [0.15, 0.2) is 22.6 Å². The number of amides is 1. The molecule has 1 aliphatic heterocycles. The average Bonchev–Trinajstić information content (AvgIpc) is 3.16. The van der Waals surface area contributed by atoms with E-state index in [4.69, 9.17) is 0 Å². The van der Waals surface area contributed by atoms with Crippen LogP contribution in [0.25, 0.3) is 0 Å². The number of halogens is 9. The third-order valence-corrected chi connectivity index (χ3v) is 4.65. The molecule has 1 aromatic heterocycles. The first-order valence-corrected chi connectivity index (χ1v) is 8.65. The van der Waals surface area contributed by atoms with E-state index in [9.17, 15) is 44.3 Å². The molecular formula is C17H12F9N3O2. The molecule has 1 amide bonds. The first-order valence-electron chi connectivity index (χ1n) is 8.65. The fraction of sp³-hybridized carbons (Fsp3) is 0.471. The van der Waals surface area contributed by atoms with Crippen molar-refractivity contribution in [1.29, 1.82) is 0 Å². The smallest absolute Gasteiger partial charge is 0.417 e. The van der Waals surface area contributed by atoms with Gasteiger partial charge in [-0.25, -0.2) is 0 Å². The topological polar surface area (TPSA) is 59.2 Å². The van der Waals surface area contributed by atoms with E-state index in [1.807, 2.05) is 0 Å². The summed E-state index contributed by atoms with van der Waals surface area (Å²) in [4.78, 5) is 13.5. The standard InChI is InChI=1S/C17H12F9N3O2/c18-15(19,20)10-5-9(6-11(7-10)16(21,22)23)13(30)29-3-1-8(2-4-29)12-27-28-14(31-12)17(24,25)26/h5-8H,1-4H2. The van der Waals surface area contributed by atoms with E-state index in [1.54, 1.807) is 0 Å². The molecule has 0 saturated carbocycles. The zero-order chi connectivity index (χ0) is 23.2. The molecule has 0 unspecified atom stereocenters. The Kier molecular flexibility index (Phi) is 5.69. The van der Waals surface area contributed by atoms with Crippen molar-refractivity contribution < 1.29 is 48.7 Å². The molecular weight excluding hydrogens is 449 g/mol. The van der Waals surface area contributed by atoms with Crippen molar-refractivity contribution in [2.45, 2.75) is 37.3 Å². The van der Waals surface area contributed by atoms with Gasteiger partial charge in [0.2, 0.25) is 5.89 Å². The number of piperidine rings is 1. The summed E-state index contributed by atoms with van der Waals surface area (Å²) in [6.07, 6.45) is -15.0. The summed E-state index contributed by atoms with van der Waals surface area (Å²) in [5, 5.41) is 6.22. The molecule has 3 rings (SSSR count). The van der Waals surface area contributed by atoms with E-state index >= 15 is 0 Å². The molecule has 1 fully saturated rings. The van der Waals surface area contributed by atoms with Crippen LogP contribution in [-0.4, -0.2) is 34.1 Å². The Morgan fingerprint density at radius 3 is 1.77 bits per heavy atom. The highest BCUT2D eigenvalue weighted by molar-refractivity contribution is 5.94. The quantitative estimate of drug-likeness (QED) is 0.581. The number of hydrogen-bond donors (Lipinski definition) is 0. The Balaban J connectivity index is 1.77. The number of likely N-dealkylation sites (tertiary alicyclic amines) is 1. The molecule has 0 N–H and O–H groups in total. The molecule has 1 aromatic carbocycles. The second-order valence-corrected chi connectivity index (χ2v) is 6.80. The van der Waals surface area contributed by atoms with Gasteiger partial charge in [0.1, 0.15) is 0 Å². The van der Waals surface area contributed by atoms with Gasteiger partial charge in [0.05, 0.1) is 11.1 Å². The zero-order valence-electron chi connectivity index (χ0n) is 15.2. The van der Waals surface area contributed by atoms with Crippen LogP contribution >= 0.6 is 0 Å². The molecule has 0 bridgehead atoms. The van der Waals surface area contributed by atoms with Crippen molar-refractivity contribution in [3.05, 3.63) is 46.7 Å². The van der Waals surface area contributed by atoms with Crippen molar-refractivity contribution in [3.8, 4) is 0 Å².